The maximum Gasteiger partial charge on any atom is 0.251 e. The van der Waals surface area contributed by atoms with E-state index in [1.807, 2.05) is 24.3 Å². The van der Waals surface area contributed by atoms with Crippen LogP contribution in [-0.4, -0.2) is 68.4 Å². The highest BCUT2D eigenvalue weighted by atomic mass is 32.2. The normalized spacial score (nSPS) is 16.1. The van der Waals surface area contributed by atoms with Crippen molar-refractivity contribution in [3.63, 3.8) is 0 Å². The molecule has 5 heterocycles. The first-order chi connectivity index (χ1) is 19.9. The lowest BCUT2D eigenvalue weighted by molar-refractivity contribution is 0.0950. The number of sulfone groups is 1. The molecule has 1 amide bonds. The number of carbonyl (C=O) groups is 1. The van der Waals surface area contributed by atoms with Gasteiger partial charge in [0.25, 0.3) is 5.91 Å². The maximum atomic E-state index is 12.9. The zero-order valence-electron chi connectivity index (χ0n) is 22.8. The van der Waals surface area contributed by atoms with Gasteiger partial charge in [0.15, 0.2) is 9.84 Å². The Morgan fingerprint density at radius 2 is 1.90 bits per heavy atom. The summed E-state index contributed by atoms with van der Waals surface area (Å²) in [4.78, 5) is 29.6. The predicted molar refractivity (Wildman–Crippen MR) is 154 cm³/mol. The third-order valence-electron chi connectivity index (χ3n) is 7.44. The van der Waals surface area contributed by atoms with Crippen molar-refractivity contribution in [2.45, 2.75) is 30.9 Å². The summed E-state index contributed by atoms with van der Waals surface area (Å²) in [5, 5.41) is 3.72. The van der Waals surface area contributed by atoms with E-state index in [0.717, 1.165) is 54.0 Å². The van der Waals surface area contributed by atoms with E-state index in [0.29, 0.717) is 17.9 Å². The fourth-order valence-corrected chi connectivity index (χ4v) is 6.60. The quantitative estimate of drug-likeness (QED) is 0.355. The van der Waals surface area contributed by atoms with Gasteiger partial charge in [0.2, 0.25) is 0 Å². The van der Waals surface area contributed by atoms with E-state index in [4.69, 9.17) is 19.4 Å². The second kappa shape index (κ2) is 11.5. The van der Waals surface area contributed by atoms with E-state index in [2.05, 4.69) is 21.3 Å². The van der Waals surface area contributed by atoms with Gasteiger partial charge in [0.05, 0.1) is 59.6 Å². The molecular formula is C30H31N5O5S. The van der Waals surface area contributed by atoms with Crippen LogP contribution < -0.4 is 10.2 Å². The number of ether oxygens (including phenoxy) is 2. The number of fused-ring (bicyclic) bond motifs is 3. The molecule has 1 aromatic carbocycles. The van der Waals surface area contributed by atoms with Crippen LogP contribution in [0.2, 0.25) is 0 Å². The predicted octanol–water partition coefficient (Wildman–Crippen LogP) is 3.32. The zero-order chi connectivity index (χ0) is 28.4. The zero-order valence-corrected chi connectivity index (χ0v) is 23.6. The van der Waals surface area contributed by atoms with Gasteiger partial charge in [-0.05, 0) is 60.4 Å². The first-order valence-corrected chi connectivity index (χ1v) is 15.3. The average Bonchev–Trinajstić information content (AvgIpc) is 3.15. The van der Waals surface area contributed by atoms with E-state index in [9.17, 15) is 13.2 Å². The van der Waals surface area contributed by atoms with Crippen LogP contribution in [0, 0.1) is 0 Å². The van der Waals surface area contributed by atoms with E-state index < -0.39 is 9.84 Å². The molecular weight excluding hydrogens is 542 g/mol. The fraction of sp³-hybridized carbons (Fsp3) is 0.333. The Labute approximate surface area is 238 Å². The van der Waals surface area contributed by atoms with Crippen LogP contribution in [0.15, 0.2) is 59.6 Å². The molecule has 11 heteroatoms. The van der Waals surface area contributed by atoms with Crippen molar-refractivity contribution in [2.24, 2.45) is 0 Å². The maximum absolute atomic E-state index is 12.9. The number of aromatic nitrogens is 3. The molecule has 0 saturated heterocycles. The summed E-state index contributed by atoms with van der Waals surface area (Å²) in [5.41, 5.74) is 5.00. The highest BCUT2D eigenvalue weighted by Gasteiger charge is 2.24. The largest absolute Gasteiger partial charge is 0.383 e. The topological polar surface area (TPSA) is 124 Å². The number of amides is 1. The van der Waals surface area contributed by atoms with E-state index in [1.165, 1.54) is 11.6 Å². The molecule has 3 aromatic heterocycles. The van der Waals surface area contributed by atoms with Gasteiger partial charge in [0, 0.05) is 37.3 Å². The lowest BCUT2D eigenvalue weighted by atomic mass is 10.0. The van der Waals surface area contributed by atoms with Gasteiger partial charge >= 0.3 is 0 Å². The van der Waals surface area contributed by atoms with Gasteiger partial charge in [-0.3, -0.25) is 9.78 Å². The second-order valence-electron chi connectivity index (χ2n) is 10.2. The average molecular weight is 574 g/mol. The van der Waals surface area contributed by atoms with Gasteiger partial charge in [-0.1, -0.05) is 12.1 Å². The van der Waals surface area contributed by atoms with E-state index in [1.54, 1.807) is 25.4 Å². The molecule has 2 aliphatic heterocycles. The molecule has 1 N–H and O–H groups in total. The number of pyridine rings is 3. The van der Waals surface area contributed by atoms with Gasteiger partial charge in [-0.25, -0.2) is 18.4 Å². The Morgan fingerprint density at radius 3 is 2.78 bits per heavy atom. The minimum absolute atomic E-state index is 0.103. The van der Waals surface area contributed by atoms with Crippen LogP contribution in [0.3, 0.4) is 0 Å². The van der Waals surface area contributed by atoms with Gasteiger partial charge in [-0.2, -0.15) is 0 Å². The molecule has 0 bridgehead atoms. The summed E-state index contributed by atoms with van der Waals surface area (Å²) in [6, 6.07) is 14.6. The summed E-state index contributed by atoms with van der Waals surface area (Å²) < 4.78 is 35.8. The summed E-state index contributed by atoms with van der Waals surface area (Å²) in [7, 11) is -1.80. The highest BCUT2D eigenvalue weighted by molar-refractivity contribution is 7.91. The molecule has 0 saturated carbocycles. The van der Waals surface area contributed by atoms with Crippen LogP contribution in [0.4, 0.5) is 5.82 Å². The van der Waals surface area contributed by atoms with Gasteiger partial charge in [-0.15, -0.1) is 0 Å². The Kier molecular flexibility index (Phi) is 7.65. The lowest BCUT2D eigenvalue weighted by Gasteiger charge is -2.30. The van der Waals surface area contributed by atoms with Crippen LogP contribution >= 0.6 is 0 Å². The number of hydrogen-bond acceptors (Lipinski definition) is 9. The number of anilines is 1. The molecule has 4 aromatic rings. The molecule has 0 unspecified atom stereocenters. The summed E-state index contributed by atoms with van der Waals surface area (Å²) in [6.07, 6.45) is 3.84. The molecule has 0 aliphatic carbocycles. The Bertz CT molecular complexity index is 1730. The molecule has 0 radical (unpaired) electrons. The third kappa shape index (κ3) is 5.79. The Morgan fingerprint density at radius 1 is 1.07 bits per heavy atom. The lowest BCUT2D eigenvalue weighted by Crippen LogP contribution is -2.33. The molecule has 0 fully saturated rings. The first-order valence-electron chi connectivity index (χ1n) is 13.6. The van der Waals surface area contributed by atoms with Crippen molar-refractivity contribution in [1.29, 1.82) is 0 Å². The number of methoxy groups -OCH3 is 1. The number of hydrogen-bond donors (Lipinski definition) is 1. The monoisotopic (exact) mass is 573 g/mol. The van der Waals surface area contributed by atoms with Crippen LogP contribution in [-0.2, 0) is 38.9 Å². The van der Waals surface area contributed by atoms with Crippen molar-refractivity contribution < 1.29 is 22.7 Å². The molecule has 0 atom stereocenters. The van der Waals surface area contributed by atoms with Crippen molar-refractivity contribution in [3.8, 4) is 11.4 Å². The number of benzene rings is 1. The Hall–Kier alpha value is -3.93. The third-order valence-corrected chi connectivity index (χ3v) is 9.19. The molecule has 6 rings (SSSR count). The van der Waals surface area contributed by atoms with Crippen LogP contribution in [0.1, 0.15) is 33.6 Å². The molecule has 41 heavy (non-hydrogen) atoms. The summed E-state index contributed by atoms with van der Waals surface area (Å²) >= 11 is 0. The molecule has 0 spiro atoms. The Balaban J connectivity index is 1.20. The van der Waals surface area contributed by atoms with Gasteiger partial charge in [0.1, 0.15) is 5.82 Å². The number of aryl methyl sites for hydroxylation is 1. The SMILES string of the molecule is COCCN1CCCc2ccc(-c3ccc4cnc(CNC(=O)c5ccc6c(c5)S(=O)(=O)CCOC6)cc4n3)nc21. The van der Waals surface area contributed by atoms with Crippen molar-refractivity contribution in [1.82, 2.24) is 20.3 Å². The smallest absolute Gasteiger partial charge is 0.251 e. The van der Waals surface area contributed by atoms with E-state index >= 15 is 0 Å². The highest BCUT2D eigenvalue weighted by Crippen LogP contribution is 2.29. The van der Waals surface area contributed by atoms with Crippen LogP contribution in [0.25, 0.3) is 22.3 Å². The molecule has 10 nitrogen and oxygen atoms in total. The van der Waals surface area contributed by atoms with Crippen LogP contribution in [0.5, 0.6) is 0 Å². The van der Waals surface area contributed by atoms with Crippen molar-refractivity contribution in [3.05, 3.63) is 77.1 Å². The second-order valence-corrected chi connectivity index (χ2v) is 12.3. The minimum atomic E-state index is -3.50. The fourth-order valence-electron chi connectivity index (χ4n) is 5.21. The summed E-state index contributed by atoms with van der Waals surface area (Å²) in [5.74, 6) is 0.505. The number of nitrogens with zero attached hydrogens (tertiary/aromatic N) is 4. The summed E-state index contributed by atoms with van der Waals surface area (Å²) in [6.45, 7) is 2.90. The van der Waals surface area contributed by atoms with Crippen molar-refractivity contribution in [2.75, 3.05) is 44.1 Å². The first kappa shape index (κ1) is 27.3. The van der Waals surface area contributed by atoms with Crippen molar-refractivity contribution >= 4 is 32.5 Å². The van der Waals surface area contributed by atoms with E-state index in [-0.39, 0.29) is 41.9 Å². The molecule has 2 aliphatic rings. The standard InChI is InChI=1S/C30H31N5O5S/c1-39-12-11-35-10-2-3-20-6-8-26(34-29(20)35)25-9-7-22-17-31-24(16-27(22)33-25)18-32-30(36)21-4-5-23-19-40-13-14-41(37,38)28(23)15-21/h4-9,15-17H,2-3,10-14,18-19H2,1H3,(H,32,36). The molecule has 212 valence electrons. The number of rotatable bonds is 7. The van der Waals surface area contributed by atoms with Gasteiger partial charge < -0.3 is 19.7 Å². The number of carbonyl (C=O) groups excluding carboxylic acids is 1. The number of nitrogens with one attached hydrogen (secondary N) is 1. The minimum Gasteiger partial charge on any atom is -0.383 e.